The third-order valence-corrected chi connectivity index (χ3v) is 6.38. The van der Waals surface area contributed by atoms with Crippen molar-refractivity contribution in [2.24, 2.45) is 5.92 Å². The highest BCUT2D eigenvalue weighted by Gasteiger charge is 2.40. The molecule has 0 aliphatic carbocycles. The summed E-state index contributed by atoms with van der Waals surface area (Å²) in [6, 6.07) is 1.84. The number of aromatic nitrogens is 2. The average molecular weight is 289 g/mol. The SMILES string of the molecule is N#Cc1ncc(C(=O)C2CC3CCCC(C2)S3=O)cn1. The van der Waals surface area contributed by atoms with E-state index >= 15 is 0 Å². The number of hydrogen-bond acceptors (Lipinski definition) is 5. The van der Waals surface area contributed by atoms with Gasteiger partial charge < -0.3 is 0 Å². The molecule has 2 fully saturated rings. The van der Waals surface area contributed by atoms with Crippen molar-refractivity contribution in [3.05, 3.63) is 23.8 Å². The smallest absolute Gasteiger partial charge is 0.232 e. The van der Waals surface area contributed by atoms with E-state index in [0.717, 1.165) is 19.3 Å². The Morgan fingerprint density at radius 1 is 1.25 bits per heavy atom. The van der Waals surface area contributed by atoms with Crippen LogP contribution in [-0.4, -0.2) is 30.5 Å². The van der Waals surface area contributed by atoms with Crippen molar-refractivity contribution in [2.45, 2.75) is 42.6 Å². The average Bonchev–Trinajstić information content (AvgIpc) is 2.46. The van der Waals surface area contributed by atoms with Gasteiger partial charge in [0.1, 0.15) is 6.07 Å². The normalized spacial score (nSPS) is 32.4. The number of nitriles is 1. The second-order valence-corrected chi connectivity index (χ2v) is 7.43. The highest BCUT2D eigenvalue weighted by Crippen LogP contribution is 2.38. The maximum Gasteiger partial charge on any atom is 0.232 e. The molecule has 0 saturated carbocycles. The fraction of sp³-hybridized carbons (Fsp3) is 0.571. The van der Waals surface area contributed by atoms with Gasteiger partial charge in [0.15, 0.2) is 5.78 Å². The molecule has 20 heavy (non-hydrogen) atoms. The Morgan fingerprint density at radius 3 is 2.40 bits per heavy atom. The lowest BCUT2D eigenvalue weighted by Crippen LogP contribution is -2.41. The molecule has 1 aromatic rings. The number of carbonyl (C=O) groups excluding carboxylic acids is 1. The molecule has 0 aromatic carbocycles. The first-order valence-electron chi connectivity index (χ1n) is 6.84. The second-order valence-electron chi connectivity index (χ2n) is 5.44. The van der Waals surface area contributed by atoms with Gasteiger partial charge in [-0.2, -0.15) is 5.26 Å². The van der Waals surface area contributed by atoms with Crippen LogP contribution in [0.5, 0.6) is 0 Å². The molecule has 0 spiro atoms. The van der Waals surface area contributed by atoms with Gasteiger partial charge in [-0.25, -0.2) is 9.97 Å². The van der Waals surface area contributed by atoms with Crippen molar-refractivity contribution in [1.29, 1.82) is 5.26 Å². The Bertz CT molecular complexity index is 577. The quantitative estimate of drug-likeness (QED) is 0.772. The predicted octanol–water partition coefficient (Wildman–Crippen LogP) is 1.61. The van der Waals surface area contributed by atoms with E-state index in [1.165, 1.54) is 12.4 Å². The Kier molecular flexibility index (Phi) is 3.62. The number of rotatable bonds is 2. The third kappa shape index (κ3) is 2.38. The van der Waals surface area contributed by atoms with E-state index in [2.05, 4.69) is 9.97 Å². The van der Waals surface area contributed by atoms with Crippen LogP contribution in [0.25, 0.3) is 0 Å². The van der Waals surface area contributed by atoms with Gasteiger partial charge in [-0.15, -0.1) is 0 Å². The van der Waals surface area contributed by atoms with Crippen LogP contribution in [0, 0.1) is 17.2 Å². The van der Waals surface area contributed by atoms with Gasteiger partial charge in [0.2, 0.25) is 5.82 Å². The lowest BCUT2D eigenvalue weighted by molar-refractivity contribution is 0.0894. The summed E-state index contributed by atoms with van der Waals surface area (Å²) in [4.78, 5) is 20.2. The van der Waals surface area contributed by atoms with E-state index in [1.807, 2.05) is 6.07 Å². The van der Waals surface area contributed by atoms with Crippen molar-refractivity contribution >= 4 is 16.6 Å². The maximum atomic E-state index is 12.5. The van der Waals surface area contributed by atoms with E-state index in [4.69, 9.17) is 5.26 Å². The molecule has 5 nitrogen and oxygen atoms in total. The summed E-state index contributed by atoms with van der Waals surface area (Å²) in [6.45, 7) is 0. The summed E-state index contributed by atoms with van der Waals surface area (Å²) in [6.07, 6.45) is 7.34. The molecule has 2 atom stereocenters. The molecule has 3 heterocycles. The highest BCUT2D eigenvalue weighted by atomic mass is 32.2. The standard InChI is InChI=1S/C14H15N3O2S/c15-6-13-16-7-10(8-17-13)14(18)9-4-11-2-1-3-12(5-9)20(11)19/h7-9,11-12H,1-5H2. The largest absolute Gasteiger partial charge is 0.294 e. The van der Waals surface area contributed by atoms with Crippen molar-refractivity contribution < 1.29 is 9.00 Å². The number of hydrogen-bond donors (Lipinski definition) is 0. The number of nitrogens with zero attached hydrogens (tertiary/aromatic N) is 3. The zero-order valence-corrected chi connectivity index (χ0v) is 11.8. The number of ketones is 1. The zero-order valence-electron chi connectivity index (χ0n) is 11.0. The molecular weight excluding hydrogens is 274 g/mol. The van der Waals surface area contributed by atoms with Crippen LogP contribution in [0.2, 0.25) is 0 Å². The first kappa shape index (κ1) is 13.4. The Morgan fingerprint density at radius 2 is 1.85 bits per heavy atom. The number of carbonyl (C=O) groups is 1. The summed E-state index contributed by atoms with van der Waals surface area (Å²) in [7, 11) is -0.761. The van der Waals surface area contributed by atoms with E-state index in [-0.39, 0.29) is 28.0 Å². The zero-order chi connectivity index (χ0) is 14.1. The van der Waals surface area contributed by atoms with Crippen LogP contribution < -0.4 is 0 Å². The van der Waals surface area contributed by atoms with Crippen LogP contribution in [-0.2, 0) is 10.8 Å². The van der Waals surface area contributed by atoms with E-state index in [0.29, 0.717) is 18.4 Å². The van der Waals surface area contributed by atoms with E-state index in [9.17, 15) is 9.00 Å². The summed E-state index contributed by atoms with van der Waals surface area (Å²) in [5.74, 6) is 0.0331. The number of Topliss-reactive ketones (excluding diaryl/α,β-unsaturated/α-hetero) is 1. The molecule has 2 bridgehead atoms. The fourth-order valence-electron chi connectivity index (χ4n) is 3.20. The van der Waals surface area contributed by atoms with Gasteiger partial charge in [0.05, 0.1) is 5.56 Å². The summed E-state index contributed by atoms with van der Waals surface area (Å²) in [5.41, 5.74) is 0.458. The molecule has 0 amide bonds. The van der Waals surface area contributed by atoms with Gasteiger partial charge in [0, 0.05) is 39.6 Å². The van der Waals surface area contributed by atoms with Crippen LogP contribution in [0.3, 0.4) is 0 Å². The molecule has 2 saturated heterocycles. The molecule has 3 rings (SSSR count). The van der Waals surface area contributed by atoms with Crippen molar-refractivity contribution in [1.82, 2.24) is 9.97 Å². The number of fused-ring (bicyclic) bond motifs is 2. The monoisotopic (exact) mass is 289 g/mol. The molecular formula is C14H15N3O2S. The van der Waals surface area contributed by atoms with Crippen LogP contribution in [0.15, 0.2) is 12.4 Å². The molecule has 0 N–H and O–H groups in total. The van der Waals surface area contributed by atoms with E-state index in [1.54, 1.807) is 0 Å². The topological polar surface area (TPSA) is 83.7 Å². The van der Waals surface area contributed by atoms with Crippen LogP contribution in [0.4, 0.5) is 0 Å². The summed E-state index contributed by atoms with van der Waals surface area (Å²) < 4.78 is 12.1. The lowest BCUT2D eigenvalue weighted by Gasteiger charge is -2.37. The molecule has 104 valence electrons. The Labute approximate surface area is 119 Å². The molecule has 2 aliphatic rings. The molecule has 2 aliphatic heterocycles. The second kappa shape index (κ2) is 5.41. The predicted molar refractivity (Wildman–Crippen MR) is 73.4 cm³/mol. The van der Waals surface area contributed by atoms with Gasteiger partial charge in [-0.1, -0.05) is 6.42 Å². The summed E-state index contributed by atoms with van der Waals surface area (Å²) >= 11 is 0. The Balaban J connectivity index is 1.77. The highest BCUT2D eigenvalue weighted by molar-refractivity contribution is 7.86. The van der Waals surface area contributed by atoms with Crippen LogP contribution in [0.1, 0.15) is 48.3 Å². The van der Waals surface area contributed by atoms with Gasteiger partial charge in [-0.3, -0.25) is 9.00 Å². The first-order chi connectivity index (χ1) is 9.69. The minimum absolute atomic E-state index is 0.0306. The van der Waals surface area contributed by atoms with E-state index < -0.39 is 10.8 Å². The van der Waals surface area contributed by atoms with Gasteiger partial charge >= 0.3 is 0 Å². The van der Waals surface area contributed by atoms with Crippen molar-refractivity contribution in [3.63, 3.8) is 0 Å². The molecule has 1 aromatic heterocycles. The fourth-order valence-corrected chi connectivity index (χ4v) is 5.38. The minimum Gasteiger partial charge on any atom is -0.294 e. The van der Waals surface area contributed by atoms with Crippen molar-refractivity contribution in [3.8, 4) is 6.07 Å². The van der Waals surface area contributed by atoms with Gasteiger partial charge in [0.25, 0.3) is 0 Å². The maximum absolute atomic E-state index is 12.5. The minimum atomic E-state index is -0.761. The third-order valence-electron chi connectivity index (χ3n) is 4.21. The molecule has 2 unspecified atom stereocenters. The lowest BCUT2D eigenvalue weighted by atomic mass is 9.85. The van der Waals surface area contributed by atoms with Crippen LogP contribution >= 0.6 is 0 Å². The molecule has 0 radical (unpaired) electrons. The van der Waals surface area contributed by atoms with Gasteiger partial charge in [-0.05, 0) is 25.7 Å². The first-order valence-corrected chi connectivity index (χ1v) is 8.12. The molecule has 6 heteroatoms. The summed E-state index contributed by atoms with van der Waals surface area (Å²) in [5, 5.41) is 9.01. The van der Waals surface area contributed by atoms with Crippen molar-refractivity contribution in [2.75, 3.05) is 0 Å². The Hall–Kier alpha value is -1.61.